The maximum absolute atomic E-state index is 12.2. The van der Waals surface area contributed by atoms with E-state index in [0.29, 0.717) is 6.42 Å². The number of amides is 1. The van der Waals surface area contributed by atoms with Crippen molar-refractivity contribution in [3.05, 3.63) is 27.7 Å². The number of benzene rings is 1. The maximum atomic E-state index is 12.2. The van der Waals surface area contributed by atoms with Gasteiger partial charge in [-0.1, -0.05) is 30.1 Å². The SMILES string of the molecule is CCC(C)(CN)C(=O)Nc1c(Cl)cc(Cl)cc1C(=O)O. The number of nitrogens with one attached hydrogen (secondary N) is 1. The zero-order valence-corrected chi connectivity index (χ0v) is 12.7. The van der Waals surface area contributed by atoms with E-state index >= 15 is 0 Å². The van der Waals surface area contributed by atoms with Crippen molar-refractivity contribution in [1.82, 2.24) is 0 Å². The molecule has 5 nitrogen and oxygen atoms in total. The third-order valence-electron chi connectivity index (χ3n) is 3.30. The average Bonchev–Trinajstić information content (AvgIpc) is 2.39. The molecule has 0 aliphatic carbocycles. The van der Waals surface area contributed by atoms with Gasteiger partial charge in [-0.25, -0.2) is 4.79 Å². The molecule has 7 heteroatoms. The quantitative estimate of drug-likeness (QED) is 0.778. The van der Waals surface area contributed by atoms with Crippen LogP contribution in [0.2, 0.25) is 10.0 Å². The van der Waals surface area contributed by atoms with Crippen LogP contribution in [-0.2, 0) is 4.79 Å². The van der Waals surface area contributed by atoms with E-state index in [1.807, 2.05) is 6.92 Å². The molecule has 110 valence electrons. The first kappa shape index (κ1) is 16.8. The number of carboxylic acids is 1. The average molecular weight is 319 g/mol. The molecular formula is C13H16Cl2N2O3. The summed E-state index contributed by atoms with van der Waals surface area (Å²) < 4.78 is 0. The summed E-state index contributed by atoms with van der Waals surface area (Å²) in [5.41, 5.74) is 4.68. The Balaban J connectivity index is 3.22. The molecule has 0 saturated carbocycles. The number of halogens is 2. The fourth-order valence-electron chi connectivity index (χ4n) is 1.53. The van der Waals surface area contributed by atoms with Gasteiger partial charge in [0.15, 0.2) is 0 Å². The minimum absolute atomic E-state index is 0.0293. The van der Waals surface area contributed by atoms with E-state index in [0.717, 1.165) is 0 Å². The van der Waals surface area contributed by atoms with Gasteiger partial charge in [0.05, 0.1) is 21.7 Å². The van der Waals surface area contributed by atoms with Crippen molar-refractivity contribution < 1.29 is 14.7 Å². The topological polar surface area (TPSA) is 92.4 Å². The summed E-state index contributed by atoms with van der Waals surface area (Å²) in [6, 6.07) is 2.61. The molecule has 1 atom stereocenters. The molecule has 0 spiro atoms. The van der Waals surface area contributed by atoms with Gasteiger partial charge in [0.25, 0.3) is 0 Å². The minimum Gasteiger partial charge on any atom is -0.478 e. The number of hydrogen-bond donors (Lipinski definition) is 3. The molecule has 0 aliphatic rings. The summed E-state index contributed by atoms with van der Waals surface area (Å²) in [6.45, 7) is 3.67. The number of anilines is 1. The number of hydrogen-bond acceptors (Lipinski definition) is 3. The van der Waals surface area contributed by atoms with E-state index in [4.69, 9.17) is 34.0 Å². The van der Waals surface area contributed by atoms with Gasteiger partial charge in [-0.2, -0.15) is 0 Å². The molecule has 1 aromatic rings. The Labute approximate surface area is 127 Å². The van der Waals surface area contributed by atoms with Crippen LogP contribution < -0.4 is 11.1 Å². The van der Waals surface area contributed by atoms with Crippen LogP contribution in [0.25, 0.3) is 0 Å². The Morgan fingerprint density at radius 3 is 2.45 bits per heavy atom. The molecule has 1 rings (SSSR count). The second-order valence-corrected chi connectivity index (χ2v) is 5.53. The van der Waals surface area contributed by atoms with Crippen LogP contribution in [0.4, 0.5) is 5.69 Å². The Morgan fingerprint density at radius 2 is 2.00 bits per heavy atom. The van der Waals surface area contributed by atoms with Crippen LogP contribution >= 0.6 is 23.2 Å². The summed E-state index contributed by atoms with van der Waals surface area (Å²) >= 11 is 11.7. The van der Waals surface area contributed by atoms with Crippen molar-refractivity contribution in [3.63, 3.8) is 0 Å². The van der Waals surface area contributed by atoms with E-state index in [-0.39, 0.29) is 33.7 Å². The van der Waals surface area contributed by atoms with Gasteiger partial charge in [0, 0.05) is 11.6 Å². The monoisotopic (exact) mass is 318 g/mol. The van der Waals surface area contributed by atoms with Crippen LogP contribution in [0, 0.1) is 5.41 Å². The number of carboxylic acid groups (broad SMARTS) is 1. The zero-order chi connectivity index (χ0) is 15.5. The summed E-state index contributed by atoms with van der Waals surface area (Å²) in [6.07, 6.45) is 0.517. The van der Waals surface area contributed by atoms with Gasteiger partial charge in [-0.15, -0.1) is 0 Å². The Hall–Kier alpha value is -1.30. The number of carbonyl (C=O) groups excluding carboxylic acids is 1. The Morgan fingerprint density at radius 1 is 1.40 bits per heavy atom. The molecule has 1 unspecified atom stereocenters. The maximum Gasteiger partial charge on any atom is 0.337 e. The van der Waals surface area contributed by atoms with Crippen LogP contribution in [0.1, 0.15) is 30.6 Å². The zero-order valence-electron chi connectivity index (χ0n) is 11.2. The van der Waals surface area contributed by atoms with Gasteiger partial charge in [0.2, 0.25) is 5.91 Å². The van der Waals surface area contributed by atoms with Gasteiger partial charge in [-0.05, 0) is 25.5 Å². The second kappa shape index (κ2) is 6.43. The van der Waals surface area contributed by atoms with E-state index < -0.39 is 11.4 Å². The summed E-state index contributed by atoms with van der Waals surface area (Å²) in [5, 5.41) is 11.9. The fraction of sp³-hybridized carbons (Fsp3) is 0.385. The van der Waals surface area contributed by atoms with Crippen molar-refractivity contribution in [2.75, 3.05) is 11.9 Å². The Bertz CT molecular complexity index is 543. The molecule has 0 heterocycles. The van der Waals surface area contributed by atoms with Crippen LogP contribution in [0.15, 0.2) is 12.1 Å². The van der Waals surface area contributed by atoms with Crippen molar-refractivity contribution >= 4 is 40.8 Å². The molecule has 4 N–H and O–H groups in total. The molecule has 0 radical (unpaired) electrons. The van der Waals surface area contributed by atoms with Crippen LogP contribution in [0.5, 0.6) is 0 Å². The molecule has 1 aromatic carbocycles. The summed E-state index contributed by atoms with van der Waals surface area (Å²) in [7, 11) is 0. The predicted molar refractivity (Wildman–Crippen MR) is 79.5 cm³/mol. The highest BCUT2D eigenvalue weighted by Gasteiger charge is 2.31. The van der Waals surface area contributed by atoms with E-state index in [1.54, 1.807) is 6.92 Å². The van der Waals surface area contributed by atoms with Crippen molar-refractivity contribution in [2.45, 2.75) is 20.3 Å². The molecular weight excluding hydrogens is 303 g/mol. The molecule has 20 heavy (non-hydrogen) atoms. The van der Waals surface area contributed by atoms with Crippen LogP contribution in [-0.4, -0.2) is 23.5 Å². The number of rotatable bonds is 5. The number of aromatic carboxylic acids is 1. The number of carbonyl (C=O) groups is 2. The molecule has 0 saturated heterocycles. The first-order valence-electron chi connectivity index (χ1n) is 5.99. The smallest absolute Gasteiger partial charge is 0.337 e. The van der Waals surface area contributed by atoms with Gasteiger partial charge in [0.1, 0.15) is 0 Å². The first-order valence-corrected chi connectivity index (χ1v) is 6.74. The van der Waals surface area contributed by atoms with E-state index in [9.17, 15) is 9.59 Å². The van der Waals surface area contributed by atoms with Crippen molar-refractivity contribution in [2.24, 2.45) is 11.1 Å². The third-order valence-corrected chi connectivity index (χ3v) is 3.82. The highest BCUT2D eigenvalue weighted by atomic mass is 35.5. The van der Waals surface area contributed by atoms with E-state index in [2.05, 4.69) is 5.32 Å². The second-order valence-electron chi connectivity index (χ2n) is 4.69. The summed E-state index contributed by atoms with van der Waals surface area (Å²) in [5.74, 6) is -1.61. The van der Waals surface area contributed by atoms with Gasteiger partial charge >= 0.3 is 5.97 Å². The first-order chi connectivity index (χ1) is 9.25. The number of nitrogens with two attached hydrogens (primary N) is 1. The molecule has 0 aliphatic heterocycles. The lowest BCUT2D eigenvalue weighted by Crippen LogP contribution is -2.39. The lowest BCUT2D eigenvalue weighted by atomic mass is 9.86. The summed E-state index contributed by atoms with van der Waals surface area (Å²) in [4.78, 5) is 23.4. The third kappa shape index (κ3) is 3.42. The Kier molecular flexibility index (Phi) is 5.39. The standard InChI is InChI=1S/C13H16Cl2N2O3/c1-3-13(2,6-16)12(20)17-10-8(11(18)19)4-7(14)5-9(10)15/h4-5H,3,6,16H2,1-2H3,(H,17,20)(H,18,19). The van der Waals surface area contributed by atoms with Gasteiger partial charge < -0.3 is 16.2 Å². The van der Waals surface area contributed by atoms with Crippen molar-refractivity contribution in [3.8, 4) is 0 Å². The highest BCUT2D eigenvalue weighted by molar-refractivity contribution is 6.37. The molecule has 0 aromatic heterocycles. The lowest BCUT2D eigenvalue weighted by Gasteiger charge is -2.25. The minimum atomic E-state index is -1.23. The van der Waals surface area contributed by atoms with E-state index in [1.165, 1.54) is 12.1 Å². The lowest BCUT2D eigenvalue weighted by molar-refractivity contribution is -0.124. The molecule has 0 fully saturated rings. The predicted octanol–water partition coefficient (Wildman–Crippen LogP) is 3.01. The van der Waals surface area contributed by atoms with Crippen molar-refractivity contribution in [1.29, 1.82) is 0 Å². The fourth-order valence-corrected chi connectivity index (χ4v) is 2.07. The normalized spacial score (nSPS) is 13.7. The van der Waals surface area contributed by atoms with Gasteiger partial charge in [-0.3, -0.25) is 4.79 Å². The van der Waals surface area contributed by atoms with Crippen LogP contribution in [0.3, 0.4) is 0 Å². The largest absolute Gasteiger partial charge is 0.478 e. The highest BCUT2D eigenvalue weighted by Crippen LogP contribution is 2.32. The molecule has 1 amide bonds. The molecule has 0 bridgehead atoms.